The number of thioether (sulfide) groups is 1. The highest BCUT2D eigenvalue weighted by atomic mass is 32.2. The summed E-state index contributed by atoms with van der Waals surface area (Å²) in [7, 11) is -1.52. The van der Waals surface area contributed by atoms with Crippen molar-refractivity contribution >= 4 is 25.6 Å². The molecule has 0 radical (unpaired) electrons. The Morgan fingerprint density at radius 2 is 1.93 bits per heavy atom. The maximum atomic E-state index is 5.38. The van der Waals surface area contributed by atoms with Gasteiger partial charge in [-0.3, -0.25) is 0 Å². The van der Waals surface area contributed by atoms with Gasteiger partial charge < -0.3 is 4.53 Å². The Labute approximate surface area is 96.8 Å². The Morgan fingerprint density at radius 3 is 2.53 bits per heavy atom. The van der Waals surface area contributed by atoms with Crippen LogP contribution in [0.15, 0.2) is 34.3 Å². The first-order valence-electron chi connectivity index (χ1n) is 4.91. The third kappa shape index (κ3) is 5.04. The van der Waals surface area contributed by atoms with Crippen LogP contribution >= 0.6 is 11.8 Å². The summed E-state index contributed by atoms with van der Waals surface area (Å²) in [5.74, 6) is 0. The van der Waals surface area contributed by atoms with Crippen LogP contribution in [0.2, 0.25) is 19.6 Å². The van der Waals surface area contributed by atoms with Crippen molar-refractivity contribution in [3.63, 3.8) is 0 Å². The average Bonchev–Trinajstić information content (AvgIpc) is 2.13. The molecule has 0 aliphatic carbocycles. The maximum Gasteiger partial charge on any atom is 0.278 e. The maximum absolute atomic E-state index is 5.38. The third-order valence-electron chi connectivity index (χ3n) is 1.64. The van der Waals surface area contributed by atoms with Gasteiger partial charge in [-0.15, -0.1) is 5.16 Å². The van der Waals surface area contributed by atoms with Crippen molar-refractivity contribution in [1.82, 2.24) is 0 Å². The summed E-state index contributed by atoms with van der Waals surface area (Å²) in [5, 5.41) is 3.98. The second-order valence-electron chi connectivity index (χ2n) is 4.30. The molecule has 2 nitrogen and oxygen atoms in total. The molecule has 0 bridgehead atoms. The lowest BCUT2D eigenvalue weighted by molar-refractivity contribution is 0.339. The van der Waals surface area contributed by atoms with E-state index in [1.54, 1.807) is 17.3 Å². The summed E-state index contributed by atoms with van der Waals surface area (Å²) < 4.78 is 5.38. The fourth-order valence-corrected chi connectivity index (χ4v) is 2.00. The first-order valence-corrected chi connectivity index (χ1v) is 9.20. The molecule has 0 heterocycles. The van der Waals surface area contributed by atoms with E-state index in [0.717, 1.165) is 0 Å². The van der Waals surface area contributed by atoms with Crippen molar-refractivity contribution in [3.05, 3.63) is 29.8 Å². The molecule has 0 saturated carbocycles. The monoisotopic (exact) mass is 239 g/mol. The largest absolute Gasteiger partial charge is 0.455 e. The van der Waals surface area contributed by atoms with E-state index in [4.69, 9.17) is 4.53 Å². The highest BCUT2D eigenvalue weighted by molar-refractivity contribution is 8.12. The first-order chi connectivity index (χ1) is 6.99. The van der Waals surface area contributed by atoms with Gasteiger partial charge in [-0.25, -0.2) is 0 Å². The van der Waals surface area contributed by atoms with Gasteiger partial charge in [0.1, 0.15) is 5.55 Å². The molecular weight excluding hydrogens is 222 g/mol. The molecule has 1 rings (SSSR count). The predicted molar refractivity (Wildman–Crippen MR) is 70.0 cm³/mol. The van der Waals surface area contributed by atoms with Crippen LogP contribution in [0.3, 0.4) is 0 Å². The van der Waals surface area contributed by atoms with Crippen molar-refractivity contribution in [2.45, 2.75) is 31.5 Å². The highest BCUT2D eigenvalue weighted by Crippen LogP contribution is 2.19. The minimum absolute atomic E-state index is 1.22. The number of benzene rings is 1. The normalized spacial score (nSPS) is 12.0. The molecule has 0 N–H and O–H groups in total. The average molecular weight is 239 g/mol. The Hall–Kier alpha value is -0.743. The minimum Gasteiger partial charge on any atom is -0.455 e. The molecule has 0 amide bonds. The Morgan fingerprint density at radius 1 is 1.27 bits per heavy atom. The number of hydrogen-bond acceptors (Lipinski definition) is 3. The highest BCUT2D eigenvalue weighted by Gasteiger charge is 2.15. The number of oxime groups is 1. The van der Waals surface area contributed by atoms with Gasteiger partial charge in [0.15, 0.2) is 0 Å². The van der Waals surface area contributed by atoms with Crippen LogP contribution in [0.1, 0.15) is 5.56 Å². The van der Waals surface area contributed by atoms with Crippen molar-refractivity contribution in [2.75, 3.05) is 0 Å². The molecule has 0 saturated heterocycles. The van der Waals surface area contributed by atoms with Crippen molar-refractivity contribution in [3.8, 4) is 0 Å². The number of hydrogen-bond donors (Lipinski definition) is 0. The summed E-state index contributed by atoms with van der Waals surface area (Å²) in [5.41, 5.74) is 3.03. The van der Waals surface area contributed by atoms with Crippen LogP contribution in [-0.4, -0.2) is 13.9 Å². The van der Waals surface area contributed by atoms with Gasteiger partial charge in [-0.1, -0.05) is 30.0 Å². The third-order valence-corrected chi connectivity index (χ3v) is 3.20. The summed E-state index contributed by atoms with van der Waals surface area (Å²) >= 11 is 1.59. The molecule has 0 aliphatic heterocycles. The van der Waals surface area contributed by atoms with Crippen LogP contribution in [-0.2, 0) is 4.53 Å². The zero-order valence-corrected chi connectivity index (χ0v) is 11.5. The van der Waals surface area contributed by atoms with Crippen molar-refractivity contribution < 1.29 is 4.53 Å². The Bertz CT molecular complexity index is 347. The molecule has 1 aromatic rings. The molecule has 0 atom stereocenters. The lowest BCUT2D eigenvalue weighted by atomic mass is 10.2. The summed E-state index contributed by atoms with van der Waals surface area (Å²) in [6.45, 7) is 8.43. The van der Waals surface area contributed by atoms with E-state index >= 15 is 0 Å². The summed E-state index contributed by atoms with van der Waals surface area (Å²) in [4.78, 5) is 1.22. The molecule has 0 unspecified atom stereocenters. The fourth-order valence-electron chi connectivity index (χ4n) is 0.947. The zero-order valence-electron chi connectivity index (χ0n) is 9.65. The van der Waals surface area contributed by atoms with Gasteiger partial charge in [0.2, 0.25) is 0 Å². The minimum atomic E-state index is -1.52. The van der Waals surface area contributed by atoms with Crippen LogP contribution in [0.5, 0.6) is 0 Å². The Balaban J connectivity index is 2.47. The molecule has 4 heteroatoms. The van der Waals surface area contributed by atoms with Crippen LogP contribution in [0, 0.1) is 6.92 Å². The molecular formula is C11H17NOSSi. The van der Waals surface area contributed by atoms with E-state index in [9.17, 15) is 0 Å². The Kier molecular flexibility index (Phi) is 4.41. The van der Waals surface area contributed by atoms with Gasteiger partial charge in [-0.2, -0.15) is 0 Å². The van der Waals surface area contributed by atoms with Gasteiger partial charge in [-0.05, 0) is 38.2 Å². The molecule has 0 spiro atoms. The van der Waals surface area contributed by atoms with Crippen LogP contribution in [0.25, 0.3) is 0 Å². The van der Waals surface area contributed by atoms with Crippen molar-refractivity contribution in [1.29, 1.82) is 0 Å². The standard InChI is InChI=1S/C11H17NOSSi/c1-10-7-5-6-8-11(10)14-9-12-13-15(2,3)4/h5-9H,1-4H3/b12-9+. The molecule has 15 heavy (non-hydrogen) atoms. The predicted octanol–water partition coefficient (Wildman–Crippen LogP) is 3.88. The van der Waals surface area contributed by atoms with E-state index in [0.29, 0.717) is 0 Å². The zero-order chi connectivity index (χ0) is 11.3. The van der Waals surface area contributed by atoms with Gasteiger partial charge in [0.05, 0.1) is 0 Å². The summed E-state index contributed by atoms with van der Waals surface area (Å²) in [6, 6.07) is 8.24. The SMILES string of the molecule is Cc1ccccc1S/C=N/O[Si](C)(C)C. The molecule has 82 valence electrons. The molecule has 1 aromatic carbocycles. The second kappa shape index (κ2) is 5.37. The van der Waals surface area contributed by atoms with E-state index < -0.39 is 8.32 Å². The van der Waals surface area contributed by atoms with E-state index in [-0.39, 0.29) is 0 Å². The fraction of sp³-hybridized carbons (Fsp3) is 0.364. The van der Waals surface area contributed by atoms with Crippen LogP contribution in [0.4, 0.5) is 0 Å². The quantitative estimate of drug-likeness (QED) is 0.261. The number of aryl methyl sites for hydroxylation is 1. The molecule has 0 aromatic heterocycles. The number of rotatable bonds is 4. The topological polar surface area (TPSA) is 21.6 Å². The van der Waals surface area contributed by atoms with Gasteiger partial charge in [0, 0.05) is 4.90 Å². The smallest absolute Gasteiger partial charge is 0.278 e. The van der Waals surface area contributed by atoms with E-state index in [2.05, 4.69) is 43.9 Å². The summed E-state index contributed by atoms with van der Waals surface area (Å²) in [6.07, 6.45) is 0. The van der Waals surface area contributed by atoms with Crippen LogP contribution < -0.4 is 0 Å². The first kappa shape index (κ1) is 12.3. The lowest BCUT2D eigenvalue weighted by Gasteiger charge is -2.11. The number of nitrogens with zero attached hydrogens (tertiary/aromatic N) is 1. The second-order valence-corrected chi connectivity index (χ2v) is 9.59. The lowest BCUT2D eigenvalue weighted by Crippen LogP contribution is -2.21. The van der Waals surface area contributed by atoms with E-state index in [1.807, 2.05) is 12.1 Å². The van der Waals surface area contributed by atoms with E-state index in [1.165, 1.54) is 10.5 Å². The van der Waals surface area contributed by atoms with Crippen molar-refractivity contribution in [2.24, 2.45) is 5.16 Å². The molecule has 0 fully saturated rings. The van der Waals surface area contributed by atoms with Gasteiger partial charge >= 0.3 is 0 Å². The molecule has 0 aliphatic rings. The van der Waals surface area contributed by atoms with Gasteiger partial charge in [0.25, 0.3) is 8.32 Å².